The summed E-state index contributed by atoms with van der Waals surface area (Å²) in [4.78, 5) is 1.43. The molecule has 1 aliphatic rings. The second-order valence-electron chi connectivity index (χ2n) is 3.75. The zero-order chi connectivity index (χ0) is 9.80. The topological polar surface area (TPSA) is 12.0 Å². The Kier molecular flexibility index (Phi) is 3.35. The molecular weight excluding hydrogens is 190 g/mol. The number of thioether (sulfide) groups is 1. The van der Waals surface area contributed by atoms with Gasteiger partial charge in [0.1, 0.15) is 0 Å². The highest BCUT2D eigenvalue weighted by Crippen LogP contribution is 2.34. The molecule has 0 saturated heterocycles. The molecule has 0 radical (unpaired) electrons. The molecule has 1 heterocycles. The van der Waals surface area contributed by atoms with Gasteiger partial charge in [-0.1, -0.05) is 25.8 Å². The fraction of sp³-hybridized carbons (Fsp3) is 0.500. The van der Waals surface area contributed by atoms with Crippen LogP contribution in [0.4, 0.5) is 5.69 Å². The zero-order valence-electron chi connectivity index (χ0n) is 8.68. The maximum Gasteiger partial charge on any atom is 0.0658 e. The molecule has 0 aromatic heterocycles. The summed E-state index contributed by atoms with van der Waals surface area (Å²) in [6.07, 6.45) is 5.22. The van der Waals surface area contributed by atoms with E-state index in [-0.39, 0.29) is 0 Å². The molecule has 1 nitrogen and oxygen atoms in total. The first-order chi connectivity index (χ1) is 6.90. The van der Waals surface area contributed by atoms with Crippen molar-refractivity contribution in [1.82, 2.24) is 0 Å². The van der Waals surface area contributed by atoms with E-state index in [1.54, 1.807) is 0 Å². The lowest BCUT2D eigenvalue weighted by atomic mass is 10.1. The van der Waals surface area contributed by atoms with Crippen LogP contribution in [0.1, 0.15) is 31.7 Å². The largest absolute Gasteiger partial charge is 0.375 e. The highest BCUT2D eigenvalue weighted by Gasteiger charge is 2.09. The standard InChI is InChI=1S/C12H17NS/c1-2-3-4-5-10-6-7-11-12(8-10)14-9-13-11/h6-8,13H,2-5,9H2,1H3. The predicted molar refractivity (Wildman–Crippen MR) is 64.0 cm³/mol. The second-order valence-corrected chi connectivity index (χ2v) is 4.77. The Morgan fingerprint density at radius 1 is 1.36 bits per heavy atom. The Morgan fingerprint density at radius 2 is 2.29 bits per heavy atom. The average molecular weight is 207 g/mol. The first kappa shape index (κ1) is 9.91. The van der Waals surface area contributed by atoms with Crippen LogP contribution in [0, 0.1) is 0 Å². The minimum atomic E-state index is 1.04. The van der Waals surface area contributed by atoms with Gasteiger partial charge in [0.25, 0.3) is 0 Å². The van der Waals surface area contributed by atoms with Gasteiger partial charge in [-0.05, 0) is 30.5 Å². The van der Waals surface area contributed by atoms with Crippen LogP contribution in [-0.4, -0.2) is 5.88 Å². The third-order valence-electron chi connectivity index (χ3n) is 2.61. The van der Waals surface area contributed by atoms with E-state index in [4.69, 9.17) is 0 Å². The van der Waals surface area contributed by atoms with Crippen LogP contribution in [0.5, 0.6) is 0 Å². The minimum Gasteiger partial charge on any atom is -0.375 e. The fourth-order valence-electron chi connectivity index (χ4n) is 1.76. The quantitative estimate of drug-likeness (QED) is 0.752. The van der Waals surface area contributed by atoms with Crippen LogP contribution >= 0.6 is 11.8 Å². The number of anilines is 1. The Labute approximate surface area is 90.3 Å². The molecule has 1 aromatic rings. The van der Waals surface area contributed by atoms with Crippen molar-refractivity contribution in [1.29, 1.82) is 0 Å². The summed E-state index contributed by atoms with van der Waals surface area (Å²) >= 11 is 1.91. The number of hydrogen-bond acceptors (Lipinski definition) is 2. The van der Waals surface area contributed by atoms with Gasteiger partial charge in [0.15, 0.2) is 0 Å². The summed E-state index contributed by atoms with van der Waals surface area (Å²) in [7, 11) is 0. The predicted octanol–water partition coefficient (Wildman–Crippen LogP) is 3.89. The van der Waals surface area contributed by atoms with Crippen molar-refractivity contribution >= 4 is 17.4 Å². The van der Waals surface area contributed by atoms with E-state index in [2.05, 4.69) is 30.4 Å². The van der Waals surface area contributed by atoms with Gasteiger partial charge in [0.05, 0.1) is 5.88 Å². The first-order valence-corrected chi connectivity index (χ1v) is 6.38. The van der Waals surface area contributed by atoms with Crippen molar-refractivity contribution in [2.24, 2.45) is 0 Å². The Bertz CT molecular complexity index is 309. The lowest BCUT2D eigenvalue weighted by molar-refractivity contribution is 0.717. The summed E-state index contributed by atoms with van der Waals surface area (Å²) < 4.78 is 0. The van der Waals surface area contributed by atoms with Gasteiger partial charge in [-0.15, -0.1) is 11.8 Å². The maximum atomic E-state index is 3.36. The van der Waals surface area contributed by atoms with E-state index in [9.17, 15) is 0 Å². The van der Waals surface area contributed by atoms with Crippen molar-refractivity contribution in [2.45, 2.75) is 37.5 Å². The fourth-order valence-corrected chi connectivity index (χ4v) is 2.67. The van der Waals surface area contributed by atoms with Gasteiger partial charge in [0, 0.05) is 10.6 Å². The molecule has 1 aromatic carbocycles. The van der Waals surface area contributed by atoms with E-state index in [1.165, 1.54) is 41.8 Å². The number of fused-ring (bicyclic) bond motifs is 1. The Balaban J connectivity index is 1.98. The summed E-state index contributed by atoms with van der Waals surface area (Å²) in [6.45, 7) is 2.25. The van der Waals surface area contributed by atoms with Gasteiger partial charge in [-0.25, -0.2) is 0 Å². The molecule has 76 valence electrons. The van der Waals surface area contributed by atoms with Crippen molar-refractivity contribution in [3.8, 4) is 0 Å². The van der Waals surface area contributed by atoms with Crippen LogP contribution in [0.3, 0.4) is 0 Å². The number of unbranched alkanes of at least 4 members (excludes halogenated alkanes) is 2. The lowest BCUT2D eigenvalue weighted by Gasteiger charge is -2.03. The summed E-state index contributed by atoms with van der Waals surface area (Å²) in [5.41, 5.74) is 2.81. The molecule has 0 unspecified atom stereocenters. The average Bonchev–Trinajstić information content (AvgIpc) is 2.65. The molecule has 1 N–H and O–H groups in total. The molecule has 14 heavy (non-hydrogen) atoms. The van der Waals surface area contributed by atoms with Gasteiger partial charge >= 0.3 is 0 Å². The molecule has 2 rings (SSSR count). The van der Waals surface area contributed by atoms with E-state index >= 15 is 0 Å². The van der Waals surface area contributed by atoms with Crippen molar-refractivity contribution in [2.75, 3.05) is 11.2 Å². The maximum absolute atomic E-state index is 3.36. The number of benzene rings is 1. The molecule has 0 fully saturated rings. The van der Waals surface area contributed by atoms with Gasteiger partial charge in [-0.2, -0.15) is 0 Å². The highest BCUT2D eigenvalue weighted by molar-refractivity contribution is 7.99. The van der Waals surface area contributed by atoms with E-state index < -0.39 is 0 Å². The number of hydrogen-bond donors (Lipinski definition) is 1. The lowest BCUT2D eigenvalue weighted by Crippen LogP contribution is -1.89. The van der Waals surface area contributed by atoms with Crippen LogP contribution in [-0.2, 0) is 6.42 Å². The molecule has 0 spiro atoms. The van der Waals surface area contributed by atoms with Crippen LogP contribution in [0.25, 0.3) is 0 Å². The summed E-state index contributed by atoms with van der Waals surface area (Å²) in [6, 6.07) is 6.82. The monoisotopic (exact) mass is 207 g/mol. The highest BCUT2D eigenvalue weighted by atomic mass is 32.2. The van der Waals surface area contributed by atoms with Gasteiger partial charge in [-0.3, -0.25) is 0 Å². The van der Waals surface area contributed by atoms with E-state index in [0.717, 1.165) is 5.88 Å². The normalized spacial score (nSPS) is 13.8. The van der Waals surface area contributed by atoms with Crippen molar-refractivity contribution in [3.05, 3.63) is 23.8 Å². The Morgan fingerprint density at radius 3 is 3.14 bits per heavy atom. The third-order valence-corrected chi connectivity index (χ3v) is 3.54. The SMILES string of the molecule is CCCCCc1ccc2c(c1)SCN2. The van der Waals surface area contributed by atoms with E-state index in [1.807, 2.05) is 11.8 Å². The first-order valence-electron chi connectivity index (χ1n) is 5.40. The summed E-state index contributed by atoms with van der Waals surface area (Å²) in [5.74, 6) is 1.04. The smallest absolute Gasteiger partial charge is 0.0658 e. The van der Waals surface area contributed by atoms with Gasteiger partial charge < -0.3 is 5.32 Å². The molecular formula is C12H17NS. The van der Waals surface area contributed by atoms with Crippen LogP contribution in [0.2, 0.25) is 0 Å². The number of rotatable bonds is 4. The number of aryl methyl sites for hydroxylation is 1. The molecule has 1 aliphatic heterocycles. The molecule has 0 atom stereocenters. The van der Waals surface area contributed by atoms with Crippen molar-refractivity contribution < 1.29 is 0 Å². The van der Waals surface area contributed by atoms with E-state index in [0.29, 0.717) is 0 Å². The molecule has 0 bridgehead atoms. The third kappa shape index (κ3) is 2.24. The summed E-state index contributed by atoms with van der Waals surface area (Å²) in [5, 5.41) is 3.36. The molecule has 0 aliphatic carbocycles. The molecule has 0 saturated carbocycles. The van der Waals surface area contributed by atoms with Crippen LogP contribution < -0.4 is 5.32 Å². The Hall–Kier alpha value is -0.630. The molecule has 2 heteroatoms. The van der Waals surface area contributed by atoms with Gasteiger partial charge in [0.2, 0.25) is 0 Å². The second kappa shape index (κ2) is 4.74. The van der Waals surface area contributed by atoms with Crippen LogP contribution in [0.15, 0.2) is 23.1 Å². The zero-order valence-corrected chi connectivity index (χ0v) is 9.49. The minimum absolute atomic E-state index is 1.04. The molecule has 0 amide bonds. The van der Waals surface area contributed by atoms with Crippen molar-refractivity contribution in [3.63, 3.8) is 0 Å². The number of nitrogens with one attached hydrogen (secondary N) is 1.